The van der Waals surface area contributed by atoms with Crippen LogP contribution < -0.4 is 14.9 Å². The van der Waals surface area contributed by atoms with Crippen LogP contribution in [0, 0.1) is 0 Å². The lowest BCUT2D eigenvalue weighted by molar-refractivity contribution is -0.116. The van der Waals surface area contributed by atoms with Crippen molar-refractivity contribution in [3.8, 4) is 0 Å². The Balaban J connectivity index is 0.00000288. The first-order valence-electron chi connectivity index (χ1n) is 7.99. The summed E-state index contributed by atoms with van der Waals surface area (Å²) in [5, 5.41) is 3.16. The number of rotatable bonds is 6. The van der Waals surface area contributed by atoms with Crippen LogP contribution in [0.3, 0.4) is 0 Å². The average molecular weight is 376 g/mol. The number of carbonyl (C=O) groups is 1. The van der Waals surface area contributed by atoms with Crippen LogP contribution in [-0.2, 0) is 21.2 Å². The molecule has 0 radical (unpaired) electrons. The van der Waals surface area contributed by atoms with E-state index in [2.05, 4.69) is 10.0 Å². The summed E-state index contributed by atoms with van der Waals surface area (Å²) in [7, 11) is -3.58. The molecule has 0 bridgehead atoms. The van der Waals surface area contributed by atoms with Gasteiger partial charge in [0.1, 0.15) is 0 Å². The number of amides is 1. The van der Waals surface area contributed by atoms with E-state index >= 15 is 0 Å². The molecule has 0 aromatic heterocycles. The molecule has 8 heteroatoms. The third-order valence-corrected chi connectivity index (χ3v) is 5.42. The van der Waals surface area contributed by atoms with Crippen molar-refractivity contribution < 1.29 is 13.2 Å². The van der Waals surface area contributed by atoms with E-state index in [1.807, 2.05) is 19.9 Å². The molecule has 1 aliphatic rings. The van der Waals surface area contributed by atoms with Gasteiger partial charge in [-0.05, 0) is 44.0 Å². The number of carbonyl (C=O) groups excluding carboxylic acids is 1. The molecule has 1 amide bonds. The number of anilines is 1. The molecule has 1 aliphatic heterocycles. The van der Waals surface area contributed by atoms with Crippen molar-refractivity contribution in [3.05, 3.63) is 23.8 Å². The highest BCUT2D eigenvalue weighted by molar-refractivity contribution is 7.89. The zero-order chi connectivity index (χ0) is 17.0. The third-order valence-electron chi connectivity index (χ3n) is 4.00. The molecule has 0 saturated heterocycles. The number of halogens is 1. The first kappa shape index (κ1) is 20.9. The van der Waals surface area contributed by atoms with Gasteiger partial charge in [-0.2, -0.15) is 0 Å². The Labute approximate surface area is 150 Å². The minimum atomic E-state index is -3.58. The maximum atomic E-state index is 12.5. The molecule has 1 aromatic carbocycles. The smallest absolute Gasteiger partial charge is 0.240 e. The van der Waals surface area contributed by atoms with E-state index < -0.39 is 10.0 Å². The van der Waals surface area contributed by atoms with Gasteiger partial charge in [0, 0.05) is 31.7 Å². The summed E-state index contributed by atoms with van der Waals surface area (Å²) in [6.07, 6.45) is 1.77. The topological polar surface area (TPSA) is 78.5 Å². The Kier molecular flexibility index (Phi) is 7.66. The van der Waals surface area contributed by atoms with Gasteiger partial charge in [0.15, 0.2) is 0 Å². The molecule has 24 heavy (non-hydrogen) atoms. The second-order valence-electron chi connectivity index (χ2n) is 5.88. The Morgan fingerprint density at radius 1 is 1.38 bits per heavy atom. The quantitative estimate of drug-likeness (QED) is 0.793. The molecule has 1 heterocycles. The predicted octanol–water partition coefficient (Wildman–Crippen LogP) is 1.68. The second-order valence-corrected chi connectivity index (χ2v) is 7.64. The lowest BCUT2D eigenvalue weighted by Gasteiger charge is -2.29. The number of hydrogen-bond donors (Lipinski definition) is 2. The number of fused-ring (bicyclic) bond motifs is 1. The second kappa shape index (κ2) is 8.80. The SMILES string of the molecule is CCN[C@H](C)CNS(=O)(=O)c1ccc2c(c1)N(C(C)=O)CCC2.Cl. The number of hydrogen-bond acceptors (Lipinski definition) is 4. The lowest BCUT2D eigenvalue weighted by atomic mass is 10.0. The Hall–Kier alpha value is -1.15. The lowest BCUT2D eigenvalue weighted by Crippen LogP contribution is -2.39. The summed E-state index contributed by atoms with van der Waals surface area (Å²) in [6.45, 7) is 7.16. The molecule has 2 N–H and O–H groups in total. The van der Waals surface area contributed by atoms with Crippen LogP contribution in [0.15, 0.2) is 23.1 Å². The summed E-state index contributed by atoms with van der Waals surface area (Å²) in [6, 6.07) is 5.09. The highest BCUT2D eigenvalue weighted by Gasteiger charge is 2.23. The maximum Gasteiger partial charge on any atom is 0.240 e. The molecule has 0 unspecified atom stereocenters. The van der Waals surface area contributed by atoms with E-state index in [0.717, 1.165) is 24.9 Å². The van der Waals surface area contributed by atoms with Crippen molar-refractivity contribution in [2.24, 2.45) is 0 Å². The van der Waals surface area contributed by atoms with Crippen LogP contribution in [0.1, 0.15) is 32.8 Å². The Morgan fingerprint density at radius 2 is 2.08 bits per heavy atom. The summed E-state index contributed by atoms with van der Waals surface area (Å²) in [4.78, 5) is 13.6. The van der Waals surface area contributed by atoms with E-state index in [0.29, 0.717) is 18.8 Å². The van der Waals surface area contributed by atoms with Gasteiger partial charge >= 0.3 is 0 Å². The van der Waals surface area contributed by atoms with Crippen molar-refractivity contribution in [1.82, 2.24) is 10.0 Å². The third kappa shape index (κ3) is 4.92. The van der Waals surface area contributed by atoms with Crippen LogP contribution in [0.5, 0.6) is 0 Å². The Morgan fingerprint density at radius 3 is 2.71 bits per heavy atom. The fraction of sp³-hybridized carbons (Fsp3) is 0.562. The summed E-state index contributed by atoms with van der Waals surface area (Å²) in [5.74, 6) is -0.0609. The van der Waals surface area contributed by atoms with Gasteiger partial charge in [-0.3, -0.25) is 4.79 Å². The van der Waals surface area contributed by atoms with E-state index in [-0.39, 0.29) is 29.3 Å². The molecule has 0 aliphatic carbocycles. The first-order valence-corrected chi connectivity index (χ1v) is 9.47. The molecular weight excluding hydrogens is 350 g/mol. The number of nitrogens with one attached hydrogen (secondary N) is 2. The van der Waals surface area contributed by atoms with Gasteiger partial charge < -0.3 is 10.2 Å². The average Bonchev–Trinajstić information content (AvgIpc) is 2.52. The zero-order valence-corrected chi connectivity index (χ0v) is 16.0. The normalized spacial score (nSPS) is 15.4. The van der Waals surface area contributed by atoms with Crippen molar-refractivity contribution >= 4 is 34.0 Å². The highest BCUT2D eigenvalue weighted by atomic mass is 35.5. The summed E-state index contributed by atoms with van der Waals surface area (Å²) < 4.78 is 27.5. The molecule has 0 saturated carbocycles. The van der Waals surface area contributed by atoms with E-state index in [9.17, 15) is 13.2 Å². The molecule has 0 spiro atoms. The van der Waals surface area contributed by atoms with Gasteiger partial charge in [-0.15, -0.1) is 12.4 Å². The standard InChI is InChI=1S/C16H25N3O3S.ClH/c1-4-17-12(2)11-18-23(21,22)15-8-7-14-6-5-9-19(13(3)20)16(14)10-15;/h7-8,10,12,17-18H,4-6,9,11H2,1-3H3;1H/t12-;/m1./s1. The number of sulfonamides is 1. The van der Waals surface area contributed by atoms with Crippen molar-refractivity contribution in [3.63, 3.8) is 0 Å². The minimum absolute atomic E-state index is 0. The van der Waals surface area contributed by atoms with Crippen molar-refractivity contribution in [2.45, 2.75) is 44.6 Å². The molecule has 1 atom stereocenters. The van der Waals surface area contributed by atoms with E-state index in [1.54, 1.807) is 17.0 Å². The van der Waals surface area contributed by atoms with Crippen molar-refractivity contribution in [1.29, 1.82) is 0 Å². The summed E-state index contributed by atoms with van der Waals surface area (Å²) in [5.41, 5.74) is 1.73. The van der Waals surface area contributed by atoms with Crippen molar-refractivity contribution in [2.75, 3.05) is 24.5 Å². The first-order chi connectivity index (χ1) is 10.8. The van der Waals surface area contributed by atoms with Gasteiger partial charge in [0.25, 0.3) is 0 Å². The van der Waals surface area contributed by atoms with Crippen LogP contribution in [0.4, 0.5) is 5.69 Å². The number of aryl methyl sites for hydroxylation is 1. The largest absolute Gasteiger partial charge is 0.313 e. The molecule has 0 fully saturated rings. The van der Waals surface area contributed by atoms with Crippen LogP contribution in [0.25, 0.3) is 0 Å². The van der Waals surface area contributed by atoms with Crippen LogP contribution in [-0.4, -0.2) is 40.0 Å². The van der Waals surface area contributed by atoms with Gasteiger partial charge in [-0.25, -0.2) is 13.1 Å². The fourth-order valence-electron chi connectivity index (χ4n) is 2.79. The molecule has 2 rings (SSSR count). The monoisotopic (exact) mass is 375 g/mol. The zero-order valence-electron chi connectivity index (χ0n) is 14.3. The minimum Gasteiger partial charge on any atom is -0.313 e. The van der Waals surface area contributed by atoms with E-state index in [1.165, 1.54) is 6.92 Å². The molecular formula is C16H26ClN3O3S. The fourth-order valence-corrected chi connectivity index (χ4v) is 3.94. The maximum absolute atomic E-state index is 12.5. The highest BCUT2D eigenvalue weighted by Crippen LogP contribution is 2.29. The molecule has 1 aromatic rings. The van der Waals surface area contributed by atoms with Gasteiger partial charge in [-0.1, -0.05) is 13.0 Å². The molecule has 136 valence electrons. The number of likely N-dealkylation sites (N-methyl/N-ethyl adjacent to an activating group) is 1. The molecule has 6 nitrogen and oxygen atoms in total. The van der Waals surface area contributed by atoms with Gasteiger partial charge in [0.05, 0.1) is 4.90 Å². The predicted molar refractivity (Wildman–Crippen MR) is 98.4 cm³/mol. The van der Waals surface area contributed by atoms with Crippen LogP contribution in [0.2, 0.25) is 0 Å². The Bertz CT molecular complexity index is 679. The number of nitrogens with zero attached hydrogens (tertiary/aromatic N) is 1. The number of benzene rings is 1. The summed E-state index contributed by atoms with van der Waals surface area (Å²) >= 11 is 0. The van der Waals surface area contributed by atoms with Gasteiger partial charge in [0.2, 0.25) is 15.9 Å². The van der Waals surface area contributed by atoms with E-state index in [4.69, 9.17) is 0 Å². The van der Waals surface area contributed by atoms with Crippen LogP contribution >= 0.6 is 12.4 Å².